The fourth-order valence-electron chi connectivity index (χ4n) is 4.65. The smallest absolute Gasteiger partial charge is 0.361 e. The number of morpholine rings is 1. The zero-order chi connectivity index (χ0) is 29.1. The molecule has 0 aromatic heterocycles. The van der Waals surface area contributed by atoms with E-state index in [9.17, 15) is 14.4 Å². The maximum Gasteiger partial charge on any atom is 0.361 e. The van der Waals surface area contributed by atoms with Gasteiger partial charge in [-0.2, -0.15) is 0 Å². The second-order valence-electron chi connectivity index (χ2n) is 9.55. The summed E-state index contributed by atoms with van der Waals surface area (Å²) in [5.74, 6) is -3.62. The number of carbonyl (C=O) groups is 3. The number of hydrogen-bond donors (Lipinski definition) is 0. The van der Waals surface area contributed by atoms with Crippen molar-refractivity contribution >= 4 is 17.8 Å². The molecule has 0 spiro atoms. The van der Waals surface area contributed by atoms with Gasteiger partial charge in [0.2, 0.25) is 5.91 Å². The van der Waals surface area contributed by atoms with Gasteiger partial charge in [0.1, 0.15) is 0 Å². The van der Waals surface area contributed by atoms with Gasteiger partial charge in [-0.05, 0) is 48.2 Å². The Morgan fingerprint density at radius 2 is 1.54 bits per heavy atom. The Kier molecular flexibility index (Phi) is 10.6. The van der Waals surface area contributed by atoms with Gasteiger partial charge in [-0.3, -0.25) is 14.3 Å². The largest absolute Gasteiger partial charge is 0.438 e. The number of methoxy groups -OCH3 is 1. The summed E-state index contributed by atoms with van der Waals surface area (Å²) in [4.78, 5) is 39.9. The number of rotatable bonds is 12. The molecule has 1 saturated heterocycles. The van der Waals surface area contributed by atoms with Crippen LogP contribution in [0.15, 0.2) is 84.9 Å². The molecule has 1 fully saturated rings. The quantitative estimate of drug-likeness (QED) is 0.237. The van der Waals surface area contributed by atoms with Crippen LogP contribution in [-0.2, 0) is 45.7 Å². The molecule has 1 heterocycles. The summed E-state index contributed by atoms with van der Waals surface area (Å²) in [7, 11) is 1.32. The van der Waals surface area contributed by atoms with E-state index in [2.05, 4.69) is 0 Å². The molecule has 41 heavy (non-hydrogen) atoms. The monoisotopic (exact) mass is 561 g/mol. The maximum atomic E-state index is 13.7. The number of esters is 2. The standard InChI is InChI=1S/C32H35NO8/c1-24(34)39-23-40-32(37-2,41-31(36)27-11-7-4-8-12-27)28-16-14-26(15-17-28)29(18-13-25-9-5-3-6-10-25)30(35)33-19-21-38-22-20-33/h3-12,14-17,29H,13,18-23H2,1-2H3. The molecule has 2 atom stereocenters. The summed E-state index contributed by atoms with van der Waals surface area (Å²) in [6.45, 7) is 2.85. The highest BCUT2D eigenvalue weighted by atomic mass is 16.9. The second kappa shape index (κ2) is 14.5. The van der Waals surface area contributed by atoms with Crippen molar-refractivity contribution in [3.63, 3.8) is 0 Å². The van der Waals surface area contributed by atoms with E-state index in [0.717, 1.165) is 17.5 Å². The van der Waals surface area contributed by atoms with Crippen molar-refractivity contribution in [1.82, 2.24) is 4.90 Å². The predicted molar refractivity (Wildman–Crippen MR) is 150 cm³/mol. The minimum Gasteiger partial charge on any atom is -0.438 e. The molecule has 0 bridgehead atoms. The van der Waals surface area contributed by atoms with Crippen LogP contribution in [0, 0.1) is 0 Å². The minimum atomic E-state index is -2.01. The fraction of sp³-hybridized carbons (Fsp3) is 0.344. The molecule has 2 unspecified atom stereocenters. The van der Waals surface area contributed by atoms with Gasteiger partial charge < -0.3 is 23.8 Å². The highest BCUT2D eigenvalue weighted by Gasteiger charge is 2.40. The lowest BCUT2D eigenvalue weighted by atomic mass is 9.90. The molecule has 216 valence electrons. The Morgan fingerprint density at radius 3 is 2.15 bits per heavy atom. The molecule has 0 radical (unpaired) electrons. The maximum absolute atomic E-state index is 13.7. The highest BCUT2D eigenvalue weighted by Crippen LogP contribution is 2.33. The zero-order valence-corrected chi connectivity index (χ0v) is 23.3. The molecule has 3 aromatic rings. The Morgan fingerprint density at radius 1 is 0.902 bits per heavy atom. The summed E-state index contributed by atoms with van der Waals surface area (Å²) >= 11 is 0. The summed E-state index contributed by atoms with van der Waals surface area (Å²) < 4.78 is 27.4. The van der Waals surface area contributed by atoms with Gasteiger partial charge in [0.05, 0.1) is 30.3 Å². The predicted octanol–water partition coefficient (Wildman–Crippen LogP) is 4.41. The van der Waals surface area contributed by atoms with Gasteiger partial charge in [-0.15, -0.1) is 0 Å². The Balaban J connectivity index is 1.61. The molecule has 0 N–H and O–H groups in total. The molecule has 4 rings (SSSR count). The Bertz CT molecular complexity index is 1280. The van der Waals surface area contributed by atoms with E-state index in [4.69, 9.17) is 23.7 Å². The van der Waals surface area contributed by atoms with Gasteiger partial charge in [0.15, 0.2) is 6.79 Å². The van der Waals surface area contributed by atoms with E-state index in [1.807, 2.05) is 47.4 Å². The van der Waals surface area contributed by atoms with Gasteiger partial charge in [0, 0.05) is 27.1 Å². The first-order valence-corrected chi connectivity index (χ1v) is 13.5. The second-order valence-corrected chi connectivity index (χ2v) is 9.55. The van der Waals surface area contributed by atoms with E-state index < -0.39 is 30.6 Å². The molecule has 0 aliphatic carbocycles. The average Bonchev–Trinajstić information content (AvgIpc) is 3.02. The molecule has 1 aliphatic heterocycles. The van der Waals surface area contributed by atoms with Crippen molar-refractivity contribution in [3.05, 3.63) is 107 Å². The number of amides is 1. The lowest BCUT2D eigenvalue weighted by molar-refractivity contribution is -0.375. The van der Waals surface area contributed by atoms with Crippen molar-refractivity contribution in [3.8, 4) is 0 Å². The van der Waals surface area contributed by atoms with Crippen molar-refractivity contribution < 1.29 is 38.1 Å². The van der Waals surface area contributed by atoms with Crippen molar-refractivity contribution in [2.24, 2.45) is 0 Å². The van der Waals surface area contributed by atoms with Gasteiger partial charge in [-0.1, -0.05) is 60.7 Å². The van der Waals surface area contributed by atoms with Crippen molar-refractivity contribution in [1.29, 1.82) is 0 Å². The summed E-state index contributed by atoms with van der Waals surface area (Å²) in [6.07, 6.45) is 1.34. The number of ether oxygens (including phenoxy) is 5. The first kappa shape index (κ1) is 29.9. The third-order valence-corrected chi connectivity index (χ3v) is 6.87. The SMILES string of the molecule is COC(OCOC(C)=O)(OC(=O)c1ccccc1)c1ccc(C(CCc2ccccc2)C(=O)N2CCOCC2)cc1. The highest BCUT2D eigenvalue weighted by molar-refractivity contribution is 5.89. The molecule has 1 aliphatic rings. The molecule has 0 saturated carbocycles. The Labute approximate surface area is 239 Å². The number of carbonyl (C=O) groups excluding carboxylic acids is 3. The third kappa shape index (κ3) is 8.00. The lowest BCUT2D eigenvalue weighted by Crippen LogP contribution is -2.43. The first-order chi connectivity index (χ1) is 19.9. The topological polar surface area (TPSA) is 101 Å². The number of aryl methyl sites for hydroxylation is 1. The number of nitrogens with zero attached hydrogens (tertiary/aromatic N) is 1. The van der Waals surface area contributed by atoms with Crippen LogP contribution in [0.1, 0.15) is 46.3 Å². The number of hydrogen-bond acceptors (Lipinski definition) is 8. The molecular weight excluding hydrogens is 526 g/mol. The summed E-state index contributed by atoms with van der Waals surface area (Å²) in [5, 5.41) is 0. The van der Waals surface area contributed by atoms with Crippen LogP contribution in [0.2, 0.25) is 0 Å². The number of benzene rings is 3. The Hall–Kier alpha value is -4.05. The van der Waals surface area contributed by atoms with Gasteiger partial charge in [0.25, 0.3) is 0 Å². The van der Waals surface area contributed by atoms with Crippen molar-refractivity contribution in [2.45, 2.75) is 31.7 Å². The van der Waals surface area contributed by atoms with Gasteiger partial charge in [-0.25, -0.2) is 4.79 Å². The fourth-order valence-corrected chi connectivity index (χ4v) is 4.65. The molecule has 3 aromatic carbocycles. The van der Waals surface area contributed by atoms with E-state index in [0.29, 0.717) is 43.9 Å². The molecule has 9 nitrogen and oxygen atoms in total. The molecular formula is C32H35NO8. The van der Waals surface area contributed by atoms with Crippen LogP contribution < -0.4 is 0 Å². The minimum absolute atomic E-state index is 0.0385. The van der Waals surface area contributed by atoms with E-state index in [-0.39, 0.29) is 5.91 Å². The third-order valence-electron chi connectivity index (χ3n) is 6.87. The van der Waals surface area contributed by atoms with Gasteiger partial charge >= 0.3 is 17.9 Å². The summed E-state index contributed by atoms with van der Waals surface area (Å²) in [6, 6.07) is 25.4. The van der Waals surface area contributed by atoms with Crippen LogP contribution >= 0.6 is 0 Å². The van der Waals surface area contributed by atoms with E-state index >= 15 is 0 Å². The lowest BCUT2D eigenvalue weighted by Gasteiger charge is -2.32. The molecule has 9 heteroatoms. The van der Waals surface area contributed by atoms with Crippen molar-refractivity contribution in [2.75, 3.05) is 40.2 Å². The van der Waals surface area contributed by atoms with E-state index in [1.165, 1.54) is 14.0 Å². The van der Waals surface area contributed by atoms with Crippen LogP contribution in [-0.4, -0.2) is 63.0 Å². The average molecular weight is 562 g/mol. The van der Waals surface area contributed by atoms with Crippen LogP contribution in [0.25, 0.3) is 0 Å². The zero-order valence-electron chi connectivity index (χ0n) is 23.3. The van der Waals surface area contributed by atoms with Crippen LogP contribution in [0.3, 0.4) is 0 Å². The first-order valence-electron chi connectivity index (χ1n) is 13.5. The molecule has 1 amide bonds. The normalized spacial score (nSPS) is 15.4. The van der Waals surface area contributed by atoms with Crippen LogP contribution in [0.4, 0.5) is 0 Å². The van der Waals surface area contributed by atoms with Crippen LogP contribution in [0.5, 0.6) is 0 Å². The summed E-state index contributed by atoms with van der Waals surface area (Å²) in [5.41, 5.74) is 2.59. The van der Waals surface area contributed by atoms with E-state index in [1.54, 1.807) is 42.5 Å².